The molecule has 1 aliphatic rings. The van der Waals surface area contributed by atoms with Crippen LogP contribution in [-0.4, -0.2) is 30.1 Å². The maximum absolute atomic E-state index is 12.5. The molecule has 1 atom stereocenters. The number of hydrogen-bond acceptors (Lipinski definition) is 4. The van der Waals surface area contributed by atoms with Crippen LogP contribution in [-0.2, 0) is 20.5 Å². The van der Waals surface area contributed by atoms with Gasteiger partial charge in [0.1, 0.15) is 0 Å². The minimum atomic E-state index is -4.44. The van der Waals surface area contributed by atoms with E-state index in [1.165, 1.54) is 25.1 Å². The smallest absolute Gasteiger partial charge is 0.416 e. The van der Waals surface area contributed by atoms with Crippen LogP contribution in [0.25, 0.3) is 6.08 Å². The second kappa shape index (κ2) is 10.1. The number of carbonyl (C=O) groups is 3. The van der Waals surface area contributed by atoms with Crippen molar-refractivity contribution in [3.05, 3.63) is 41.5 Å². The van der Waals surface area contributed by atoms with Crippen LogP contribution in [0.3, 0.4) is 0 Å². The third kappa shape index (κ3) is 7.59. The molecular weight excluding hydrogens is 389 g/mol. The summed E-state index contributed by atoms with van der Waals surface area (Å²) in [5.41, 5.74) is -0.437. The number of ether oxygens (including phenoxy) is 1. The zero-order valence-electron chi connectivity index (χ0n) is 15.9. The highest BCUT2D eigenvalue weighted by molar-refractivity contribution is 5.98. The van der Waals surface area contributed by atoms with E-state index < -0.39 is 35.8 Å². The van der Waals surface area contributed by atoms with Crippen molar-refractivity contribution in [3.63, 3.8) is 0 Å². The number of nitrogens with one attached hydrogen (secondary N) is 2. The minimum absolute atomic E-state index is 0.0288. The Labute approximate surface area is 166 Å². The van der Waals surface area contributed by atoms with Gasteiger partial charge in [-0.05, 0) is 43.5 Å². The molecule has 0 heterocycles. The Morgan fingerprint density at radius 3 is 2.31 bits per heavy atom. The molecule has 0 bridgehead atoms. The van der Waals surface area contributed by atoms with Gasteiger partial charge in [0.25, 0.3) is 5.91 Å². The first-order valence-electron chi connectivity index (χ1n) is 9.32. The van der Waals surface area contributed by atoms with Crippen LogP contribution in [0.15, 0.2) is 30.3 Å². The van der Waals surface area contributed by atoms with E-state index in [4.69, 9.17) is 4.74 Å². The molecule has 9 heteroatoms. The van der Waals surface area contributed by atoms with Gasteiger partial charge in [0.05, 0.1) is 5.56 Å². The Morgan fingerprint density at radius 2 is 1.72 bits per heavy atom. The van der Waals surface area contributed by atoms with E-state index in [0.29, 0.717) is 5.56 Å². The lowest BCUT2D eigenvalue weighted by Crippen LogP contribution is -2.48. The zero-order chi connectivity index (χ0) is 21.4. The molecule has 2 rings (SSSR count). The normalized spacial score (nSPS) is 16.3. The number of halogens is 3. The molecule has 1 aliphatic carbocycles. The quantitative estimate of drug-likeness (QED) is 0.569. The Morgan fingerprint density at radius 1 is 1.10 bits per heavy atom. The van der Waals surface area contributed by atoms with Gasteiger partial charge in [-0.15, -0.1) is 0 Å². The fraction of sp³-hybridized carbons (Fsp3) is 0.450. The summed E-state index contributed by atoms with van der Waals surface area (Å²) in [6.07, 6.45) is 1.52. The van der Waals surface area contributed by atoms with Gasteiger partial charge in [0.2, 0.25) is 0 Å². The highest BCUT2D eigenvalue weighted by Gasteiger charge is 2.29. The molecule has 0 saturated heterocycles. The largest absolute Gasteiger partial charge is 0.449 e. The number of amides is 3. The van der Waals surface area contributed by atoms with Gasteiger partial charge in [-0.1, -0.05) is 31.4 Å². The van der Waals surface area contributed by atoms with Gasteiger partial charge in [0.15, 0.2) is 6.10 Å². The van der Waals surface area contributed by atoms with Crippen LogP contribution in [0.5, 0.6) is 0 Å². The number of alkyl halides is 3. The molecule has 0 unspecified atom stereocenters. The monoisotopic (exact) mass is 412 g/mol. The first kappa shape index (κ1) is 22.4. The predicted octanol–water partition coefficient (Wildman–Crippen LogP) is 3.81. The van der Waals surface area contributed by atoms with Crippen LogP contribution in [0, 0.1) is 0 Å². The molecule has 1 saturated carbocycles. The average molecular weight is 412 g/mol. The third-order valence-electron chi connectivity index (χ3n) is 4.49. The van der Waals surface area contributed by atoms with Gasteiger partial charge in [-0.2, -0.15) is 13.2 Å². The zero-order valence-corrected chi connectivity index (χ0v) is 15.9. The summed E-state index contributed by atoms with van der Waals surface area (Å²) in [5.74, 6) is -1.63. The second-order valence-electron chi connectivity index (χ2n) is 6.83. The molecule has 1 fully saturated rings. The summed E-state index contributed by atoms with van der Waals surface area (Å²) in [4.78, 5) is 35.6. The van der Waals surface area contributed by atoms with E-state index in [2.05, 4.69) is 10.6 Å². The van der Waals surface area contributed by atoms with Crippen molar-refractivity contribution in [2.24, 2.45) is 0 Å². The lowest BCUT2D eigenvalue weighted by Gasteiger charge is -2.23. The average Bonchev–Trinajstić information content (AvgIpc) is 2.66. The lowest BCUT2D eigenvalue weighted by atomic mass is 9.96. The molecule has 2 N–H and O–H groups in total. The van der Waals surface area contributed by atoms with E-state index in [-0.39, 0.29) is 6.04 Å². The van der Waals surface area contributed by atoms with Crippen LogP contribution >= 0.6 is 0 Å². The molecular formula is C20H23F3N2O4. The summed E-state index contributed by atoms with van der Waals surface area (Å²) in [6, 6.07) is 3.60. The first-order valence-corrected chi connectivity index (χ1v) is 9.32. The van der Waals surface area contributed by atoms with E-state index in [0.717, 1.165) is 50.3 Å². The molecule has 158 valence electrons. The number of rotatable bonds is 5. The van der Waals surface area contributed by atoms with Crippen molar-refractivity contribution in [1.82, 2.24) is 10.6 Å². The fourth-order valence-corrected chi connectivity index (χ4v) is 2.90. The lowest BCUT2D eigenvalue weighted by molar-refractivity contribution is -0.149. The van der Waals surface area contributed by atoms with Gasteiger partial charge < -0.3 is 10.1 Å². The van der Waals surface area contributed by atoms with Crippen LogP contribution in [0.1, 0.15) is 50.2 Å². The SMILES string of the molecule is C[C@@H](OC(=O)/C=C/c1ccc(C(F)(F)F)cc1)C(=O)NC(=O)NC1CCCCC1. The highest BCUT2D eigenvalue weighted by atomic mass is 19.4. The predicted molar refractivity (Wildman–Crippen MR) is 99.6 cm³/mol. The summed E-state index contributed by atoms with van der Waals surface area (Å²) < 4.78 is 42.5. The Hall–Kier alpha value is -2.84. The molecule has 0 aromatic heterocycles. The first-order chi connectivity index (χ1) is 13.6. The van der Waals surface area contributed by atoms with Crippen LogP contribution < -0.4 is 10.6 Å². The summed E-state index contributed by atoms with van der Waals surface area (Å²) in [5, 5.41) is 4.84. The van der Waals surface area contributed by atoms with Crippen LogP contribution in [0.2, 0.25) is 0 Å². The summed E-state index contributed by atoms with van der Waals surface area (Å²) in [6.45, 7) is 1.31. The molecule has 0 radical (unpaired) electrons. The fourth-order valence-electron chi connectivity index (χ4n) is 2.90. The van der Waals surface area contributed by atoms with E-state index >= 15 is 0 Å². The van der Waals surface area contributed by atoms with E-state index in [1.807, 2.05) is 0 Å². The molecule has 3 amide bonds. The minimum Gasteiger partial charge on any atom is -0.449 e. The number of urea groups is 1. The number of hydrogen-bond donors (Lipinski definition) is 2. The number of esters is 1. The standard InChI is InChI=1S/C20H23F3N2O4/c1-13(18(27)25-19(28)24-16-5-3-2-4-6-16)29-17(26)12-9-14-7-10-15(11-8-14)20(21,22)23/h7-13,16H,2-6H2,1H3,(H2,24,25,27,28)/b12-9+/t13-/m1/s1. The van der Waals surface area contributed by atoms with E-state index in [9.17, 15) is 27.6 Å². The molecule has 0 spiro atoms. The Bertz CT molecular complexity index is 754. The molecule has 0 aliphatic heterocycles. The van der Waals surface area contributed by atoms with E-state index in [1.54, 1.807) is 0 Å². The molecule has 1 aromatic rings. The Kier molecular flexibility index (Phi) is 7.81. The van der Waals surface area contributed by atoms with Gasteiger partial charge >= 0.3 is 18.2 Å². The van der Waals surface area contributed by atoms with Crippen molar-refractivity contribution < 1.29 is 32.3 Å². The molecule has 1 aromatic carbocycles. The van der Waals surface area contributed by atoms with Crippen molar-refractivity contribution in [3.8, 4) is 0 Å². The third-order valence-corrected chi connectivity index (χ3v) is 4.49. The van der Waals surface area contributed by atoms with Crippen molar-refractivity contribution in [2.45, 2.75) is 57.3 Å². The Balaban J connectivity index is 1.79. The molecule has 6 nitrogen and oxygen atoms in total. The second-order valence-corrected chi connectivity index (χ2v) is 6.83. The van der Waals surface area contributed by atoms with Gasteiger partial charge in [-0.3, -0.25) is 10.1 Å². The van der Waals surface area contributed by atoms with Crippen molar-refractivity contribution in [1.29, 1.82) is 0 Å². The van der Waals surface area contributed by atoms with Crippen molar-refractivity contribution >= 4 is 24.0 Å². The van der Waals surface area contributed by atoms with Crippen LogP contribution in [0.4, 0.5) is 18.0 Å². The maximum atomic E-state index is 12.5. The van der Waals surface area contributed by atoms with Gasteiger partial charge in [0, 0.05) is 12.1 Å². The summed E-state index contributed by atoms with van der Waals surface area (Å²) in [7, 11) is 0. The highest BCUT2D eigenvalue weighted by Crippen LogP contribution is 2.29. The summed E-state index contributed by atoms with van der Waals surface area (Å²) >= 11 is 0. The van der Waals surface area contributed by atoms with Gasteiger partial charge in [-0.25, -0.2) is 9.59 Å². The van der Waals surface area contributed by atoms with Crippen molar-refractivity contribution in [2.75, 3.05) is 0 Å². The number of benzene rings is 1. The topological polar surface area (TPSA) is 84.5 Å². The maximum Gasteiger partial charge on any atom is 0.416 e. The number of imide groups is 1. The number of carbonyl (C=O) groups excluding carboxylic acids is 3. The molecule has 29 heavy (non-hydrogen) atoms.